The van der Waals surface area contributed by atoms with Gasteiger partial charge in [-0.15, -0.1) is 11.3 Å². The van der Waals surface area contributed by atoms with Crippen LogP contribution in [0.15, 0.2) is 35.7 Å². The minimum Gasteiger partial charge on any atom is -0.497 e. The predicted octanol–water partition coefficient (Wildman–Crippen LogP) is 3.04. The summed E-state index contributed by atoms with van der Waals surface area (Å²) in [4.78, 5) is 13.3. The van der Waals surface area contributed by atoms with Gasteiger partial charge in [-0.2, -0.15) is 0 Å². The molecule has 1 aromatic carbocycles. The van der Waals surface area contributed by atoms with E-state index in [1.54, 1.807) is 18.4 Å². The van der Waals surface area contributed by atoms with E-state index in [4.69, 9.17) is 4.74 Å². The van der Waals surface area contributed by atoms with E-state index >= 15 is 0 Å². The van der Waals surface area contributed by atoms with Crippen LogP contribution in [-0.2, 0) is 11.3 Å². The number of nitrogens with one attached hydrogen (secondary N) is 2. The first-order valence-corrected chi connectivity index (χ1v) is 8.84. The second-order valence-corrected chi connectivity index (χ2v) is 6.79. The van der Waals surface area contributed by atoms with Crippen molar-refractivity contribution in [1.29, 1.82) is 0 Å². The first kappa shape index (κ1) is 16.0. The molecule has 0 bridgehead atoms. The van der Waals surface area contributed by atoms with Crippen molar-refractivity contribution >= 4 is 17.2 Å². The summed E-state index contributed by atoms with van der Waals surface area (Å²) in [5, 5.41) is 8.47. The van der Waals surface area contributed by atoms with Crippen LogP contribution in [0.25, 0.3) is 11.1 Å². The van der Waals surface area contributed by atoms with Crippen molar-refractivity contribution in [1.82, 2.24) is 10.6 Å². The Morgan fingerprint density at radius 3 is 2.87 bits per heavy atom. The maximum absolute atomic E-state index is 12.2. The minimum absolute atomic E-state index is 0.116. The van der Waals surface area contributed by atoms with Crippen LogP contribution in [0.3, 0.4) is 0 Å². The van der Waals surface area contributed by atoms with Crippen molar-refractivity contribution in [2.24, 2.45) is 5.92 Å². The first-order chi connectivity index (χ1) is 11.3. The summed E-state index contributed by atoms with van der Waals surface area (Å²) in [6.07, 6.45) is 2.07. The Bertz CT molecular complexity index is 645. The lowest BCUT2D eigenvalue weighted by molar-refractivity contribution is -0.125. The number of amides is 1. The van der Waals surface area contributed by atoms with Gasteiger partial charge in [0, 0.05) is 11.4 Å². The van der Waals surface area contributed by atoms with E-state index in [2.05, 4.69) is 34.2 Å². The van der Waals surface area contributed by atoms with Gasteiger partial charge in [0.2, 0.25) is 5.91 Å². The second kappa shape index (κ2) is 7.62. The fourth-order valence-electron chi connectivity index (χ4n) is 2.80. The highest BCUT2D eigenvalue weighted by Gasteiger charge is 2.20. The lowest BCUT2D eigenvalue weighted by Gasteiger charge is -2.21. The van der Waals surface area contributed by atoms with Gasteiger partial charge in [-0.25, -0.2) is 0 Å². The number of rotatable bonds is 5. The van der Waals surface area contributed by atoms with E-state index < -0.39 is 0 Å². The molecule has 1 fully saturated rings. The number of methoxy groups -OCH3 is 1. The Kier molecular flexibility index (Phi) is 5.31. The Morgan fingerprint density at radius 2 is 2.17 bits per heavy atom. The molecule has 0 aliphatic carbocycles. The third-order valence-corrected chi connectivity index (χ3v) is 5.12. The van der Waals surface area contributed by atoms with Crippen LogP contribution in [-0.4, -0.2) is 26.1 Å². The number of hydrogen-bond donors (Lipinski definition) is 2. The molecule has 2 N–H and O–H groups in total. The van der Waals surface area contributed by atoms with E-state index in [0.29, 0.717) is 6.54 Å². The van der Waals surface area contributed by atoms with Crippen LogP contribution in [0.5, 0.6) is 5.75 Å². The molecule has 0 radical (unpaired) electrons. The van der Waals surface area contributed by atoms with E-state index in [9.17, 15) is 4.79 Å². The number of carbonyl (C=O) groups excluding carboxylic acids is 1. The summed E-state index contributed by atoms with van der Waals surface area (Å²) in [6, 6.07) is 10.2. The van der Waals surface area contributed by atoms with E-state index in [0.717, 1.165) is 37.2 Å². The Morgan fingerprint density at radius 1 is 1.35 bits per heavy atom. The monoisotopic (exact) mass is 330 g/mol. The van der Waals surface area contributed by atoms with Crippen molar-refractivity contribution in [3.05, 3.63) is 40.6 Å². The summed E-state index contributed by atoms with van der Waals surface area (Å²) >= 11 is 1.68. The van der Waals surface area contributed by atoms with Crippen molar-refractivity contribution in [3.63, 3.8) is 0 Å². The maximum Gasteiger partial charge on any atom is 0.224 e. The quantitative estimate of drug-likeness (QED) is 0.886. The smallest absolute Gasteiger partial charge is 0.224 e. The standard InChI is InChI=1S/C18H22N2O2S/c1-22-16-6-4-13(5-7-16)15-9-17(23-12-15)11-20-18(21)14-3-2-8-19-10-14/h4-7,9,12,14,19H,2-3,8,10-11H2,1H3,(H,20,21). The van der Waals surface area contributed by atoms with Crippen molar-refractivity contribution < 1.29 is 9.53 Å². The number of ether oxygens (including phenoxy) is 1. The summed E-state index contributed by atoms with van der Waals surface area (Å²) in [6.45, 7) is 2.43. The van der Waals surface area contributed by atoms with Gasteiger partial charge in [0.1, 0.15) is 5.75 Å². The SMILES string of the molecule is COc1ccc(-c2csc(CNC(=O)C3CCCNC3)c2)cc1. The zero-order chi connectivity index (χ0) is 16.1. The molecule has 1 unspecified atom stereocenters. The van der Waals surface area contributed by atoms with Gasteiger partial charge in [-0.1, -0.05) is 12.1 Å². The second-order valence-electron chi connectivity index (χ2n) is 5.79. The molecule has 2 heterocycles. The van der Waals surface area contributed by atoms with Crippen LogP contribution >= 0.6 is 11.3 Å². The average molecular weight is 330 g/mol. The van der Waals surface area contributed by atoms with Crippen LogP contribution in [0.1, 0.15) is 17.7 Å². The topological polar surface area (TPSA) is 50.4 Å². The number of benzene rings is 1. The summed E-state index contributed by atoms with van der Waals surface area (Å²) in [5.41, 5.74) is 2.34. The van der Waals surface area contributed by atoms with Crippen molar-refractivity contribution in [2.75, 3.05) is 20.2 Å². The fraction of sp³-hybridized carbons (Fsp3) is 0.389. The van der Waals surface area contributed by atoms with Crippen LogP contribution in [0, 0.1) is 5.92 Å². The number of hydrogen-bond acceptors (Lipinski definition) is 4. The lowest BCUT2D eigenvalue weighted by Crippen LogP contribution is -2.40. The number of carbonyl (C=O) groups is 1. The lowest BCUT2D eigenvalue weighted by atomic mass is 9.99. The Labute approximate surface area is 140 Å². The van der Waals surface area contributed by atoms with Gasteiger partial charge in [0.25, 0.3) is 0 Å². The molecule has 2 aromatic rings. The summed E-state index contributed by atoms with van der Waals surface area (Å²) in [5.74, 6) is 1.14. The molecule has 122 valence electrons. The first-order valence-electron chi connectivity index (χ1n) is 7.96. The summed E-state index contributed by atoms with van der Waals surface area (Å²) in [7, 11) is 1.67. The predicted molar refractivity (Wildman–Crippen MR) is 93.7 cm³/mol. The minimum atomic E-state index is 0.116. The molecule has 1 atom stereocenters. The Balaban J connectivity index is 1.57. The molecular formula is C18H22N2O2S. The van der Waals surface area contributed by atoms with Gasteiger partial charge >= 0.3 is 0 Å². The van der Waals surface area contributed by atoms with Crippen molar-refractivity contribution in [3.8, 4) is 16.9 Å². The normalized spacial score (nSPS) is 17.7. The zero-order valence-corrected chi connectivity index (χ0v) is 14.1. The molecule has 1 amide bonds. The van der Waals surface area contributed by atoms with Crippen molar-refractivity contribution in [2.45, 2.75) is 19.4 Å². The van der Waals surface area contributed by atoms with E-state index in [1.807, 2.05) is 12.1 Å². The molecular weight excluding hydrogens is 308 g/mol. The van der Waals surface area contributed by atoms with E-state index in [-0.39, 0.29) is 11.8 Å². The molecule has 4 nitrogen and oxygen atoms in total. The zero-order valence-electron chi connectivity index (χ0n) is 13.3. The van der Waals surface area contributed by atoms with Crippen LogP contribution in [0.4, 0.5) is 0 Å². The molecule has 0 saturated carbocycles. The summed E-state index contributed by atoms with van der Waals surface area (Å²) < 4.78 is 5.18. The highest BCUT2D eigenvalue weighted by atomic mass is 32.1. The number of thiophene rings is 1. The third kappa shape index (κ3) is 4.12. The van der Waals surface area contributed by atoms with Gasteiger partial charge in [-0.05, 0) is 54.1 Å². The molecule has 1 aliphatic rings. The van der Waals surface area contributed by atoms with Gasteiger partial charge in [-0.3, -0.25) is 4.79 Å². The van der Waals surface area contributed by atoms with Gasteiger partial charge in [0.05, 0.1) is 19.6 Å². The molecule has 23 heavy (non-hydrogen) atoms. The molecule has 1 aromatic heterocycles. The molecule has 1 aliphatic heterocycles. The van der Waals surface area contributed by atoms with Gasteiger partial charge in [0.15, 0.2) is 0 Å². The molecule has 5 heteroatoms. The third-order valence-electron chi connectivity index (χ3n) is 4.18. The molecule has 3 rings (SSSR count). The Hall–Kier alpha value is -1.85. The maximum atomic E-state index is 12.2. The highest BCUT2D eigenvalue weighted by Crippen LogP contribution is 2.27. The fourth-order valence-corrected chi connectivity index (χ4v) is 3.64. The van der Waals surface area contributed by atoms with Crippen LogP contribution in [0.2, 0.25) is 0 Å². The number of piperidine rings is 1. The molecule has 0 spiro atoms. The van der Waals surface area contributed by atoms with Gasteiger partial charge < -0.3 is 15.4 Å². The van der Waals surface area contributed by atoms with Crippen LogP contribution < -0.4 is 15.4 Å². The molecule has 1 saturated heterocycles. The highest BCUT2D eigenvalue weighted by molar-refractivity contribution is 7.10. The largest absolute Gasteiger partial charge is 0.497 e. The average Bonchev–Trinajstić information content (AvgIpc) is 3.09. The van der Waals surface area contributed by atoms with E-state index in [1.165, 1.54) is 10.4 Å².